The molecule has 1 atom stereocenters. The van der Waals surface area contributed by atoms with Crippen LogP contribution < -0.4 is 0 Å². The molecule has 416 valence electrons. The van der Waals surface area contributed by atoms with Crippen LogP contribution in [0.25, 0.3) is 0 Å². The van der Waals surface area contributed by atoms with E-state index in [-0.39, 0.29) is 37.5 Å². The lowest BCUT2D eigenvalue weighted by Crippen LogP contribution is -2.30. The molecule has 0 rings (SSSR count). The SMILES string of the molecule is CC/C=C\C/C=C\C/C=C\C/C=C\C/C=C\CCCC(=O)OC[C@H](COC(=O)CCCCCC/C=C\C/C=C\C/C=C\CCCCC)OC(=O)CCCCCCCCCCCCC/C=C\CCCCCCCC. The second-order valence-electron chi connectivity index (χ2n) is 19.9. The van der Waals surface area contributed by atoms with Crippen molar-refractivity contribution in [1.82, 2.24) is 0 Å². The van der Waals surface area contributed by atoms with E-state index >= 15 is 0 Å². The Morgan fingerprint density at radius 2 is 0.548 bits per heavy atom. The first kappa shape index (κ1) is 69.1. The highest BCUT2D eigenvalue weighted by Crippen LogP contribution is 2.15. The van der Waals surface area contributed by atoms with Crippen LogP contribution in [0.5, 0.6) is 0 Å². The maximum atomic E-state index is 12.9. The zero-order valence-electron chi connectivity index (χ0n) is 47.6. The summed E-state index contributed by atoms with van der Waals surface area (Å²) in [6.07, 6.45) is 82.3. The van der Waals surface area contributed by atoms with Crippen LogP contribution in [0, 0.1) is 0 Å². The standard InChI is InChI=1S/C67H112O6/c1-4-7-10-13-16-19-22-25-28-31-32-33-34-37-40-43-46-49-52-55-58-61-67(70)73-64(62-71-65(68)59-56-53-50-47-44-41-38-35-29-26-23-20-17-14-11-8-5-2)63-72-66(69)60-57-54-51-48-45-42-39-36-30-27-24-21-18-15-12-9-6-3/h8,11,17-18,20-21,25-30,38-39,41-42,47,50,64H,4-7,9-10,12-16,19,22-24,31-37,40,43-46,48-49,51-63H2,1-3H3/b11-8-,20-17-,21-18-,28-25-,29-26-,30-27-,41-38-,42-39-,50-47-/t64-/m1/s1. The van der Waals surface area contributed by atoms with E-state index in [9.17, 15) is 14.4 Å². The van der Waals surface area contributed by atoms with Crippen LogP contribution in [0.2, 0.25) is 0 Å². The molecular weight excluding hydrogens is 901 g/mol. The van der Waals surface area contributed by atoms with E-state index < -0.39 is 6.10 Å². The second kappa shape index (κ2) is 60.6. The van der Waals surface area contributed by atoms with Gasteiger partial charge in [0.1, 0.15) is 13.2 Å². The molecule has 0 bridgehead atoms. The van der Waals surface area contributed by atoms with Crippen LogP contribution in [0.4, 0.5) is 0 Å². The summed E-state index contributed by atoms with van der Waals surface area (Å²) in [6.45, 7) is 6.44. The van der Waals surface area contributed by atoms with Gasteiger partial charge in [0.15, 0.2) is 6.10 Å². The molecule has 0 saturated heterocycles. The number of carbonyl (C=O) groups excluding carboxylic acids is 3. The topological polar surface area (TPSA) is 78.9 Å². The number of allylic oxidation sites excluding steroid dienone is 18. The monoisotopic (exact) mass is 1010 g/mol. The maximum absolute atomic E-state index is 12.9. The van der Waals surface area contributed by atoms with Gasteiger partial charge in [0.2, 0.25) is 0 Å². The summed E-state index contributed by atoms with van der Waals surface area (Å²) in [5, 5.41) is 0. The Bertz CT molecular complexity index is 1490. The molecule has 0 amide bonds. The van der Waals surface area contributed by atoms with Crippen molar-refractivity contribution in [2.45, 2.75) is 284 Å². The zero-order chi connectivity index (χ0) is 52.9. The van der Waals surface area contributed by atoms with E-state index in [0.717, 1.165) is 103 Å². The molecule has 0 aliphatic heterocycles. The molecule has 0 fully saturated rings. The number of ether oxygens (including phenoxy) is 3. The largest absolute Gasteiger partial charge is 0.462 e. The third kappa shape index (κ3) is 58.8. The highest BCUT2D eigenvalue weighted by atomic mass is 16.6. The van der Waals surface area contributed by atoms with Gasteiger partial charge in [-0.15, -0.1) is 0 Å². The van der Waals surface area contributed by atoms with E-state index in [2.05, 4.69) is 130 Å². The van der Waals surface area contributed by atoms with Gasteiger partial charge < -0.3 is 14.2 Å². The summed E-state index contributed by atoms with van der Waals surface area (Å²) < 4.78 is 16.8. The molecule has 0 aliphatic carbocycles. The highest BCUT2D eigenvalue weighted by Gasteiger charge is 2.19. The van der Waals surface area contributed by atoms with Gasteiger partial charge in [-0.05, 0) is 122 Å². The van der Waals surface area contributed by atoms with Gasteiger partial charge in [0.05, 0.1) is 0 Å². The number of rotatable bonds is 54. The fourth-order valence-corrected chi connectivity index (χ4v) is 8.19. The van der Waals surface area contributed by atoms with Gasteiger partial charge in [0.25, 0.3) is 0 Å². The molecular formula is C67H112O6. The van der Waals surface area contributed by atoms with Crippen molar-refractivity contribution in [2.75, 3.05) is 13.2 Å². The van der Waals surface area contributed by atoms with E-state index in [1.807, 2.05) is 0 Å². The Morgan fingerprint density at radius 3 is 0.932 bits per heavy atom. The molecule has 6 heteroatoms. The average molecular weight is 1010 g/mol. The summed E-state index contributed by atoms with van der Waals surface area (Å²) in [5.74, 6) is -0.985. The zero-order valence-corrected chi connectivity index (χ0v) is 47.6. The van der Waals surface area contributed by atoms with E-state index in [1.54, 1.807) is 0 Å². The normalized spacial score (nSPS) is 12.9. The minimum atomic E-state index is -0.814. The minimum absolute atomic E-state index is 0.108. The van der Waals surface area contributed by atoms with Crippen molar-refractivity contribution < 1.29 is 28.6 Å². The smallest absolute Gasteiger partial charge is 0.306 e. The summed E-state index contributed by atoms with van der Waals surface area (Å²) in [4.78, 5) is 38.2. The van der Waals surface area contributed by atoms with Crippen molar-refractivity contribution >= 4 is 17.9 Å². The third-order valence-electron chi connectivity index (χ3n) is 12.7. The predicted octanol–water partition coefficient (Wildman–Crippen LogP) is 20.7. The van der Waals surface area contributed by atoms with Gasteiger partial charge in [-0.25, -0.2) is 0 Å². The number of hydrogen-bond acceptors (Lipinski definition) is 6. The Balaban J connectivity index is 4.49. The van der Waals surface area contributed by atoms with Gasteiger partial charge in [-0.1, -0.05) is 246 Å². The minimum Gasteiger partial charge on any atom is -0.462 e. The molecule has 0 radical (unpaired) electrons. The van der Waals surface area contributed by atoms with Crippen LogP contribution >= 0.6 is 0 Å². The van der Waals surface area contributed by atoms with Crippen LogP contribution in [-0.4, -0.2) is 37.2 Å². The van der Waals surface area contributed by atoms with Gasteiger partial charge in [-0.2, -0.15) is 0 Å². The third-order valence-corrected chi connectivity index (χ3v) is 12.7. The first-order valence-corrected chi connectivity index (χ1v) is 30.4. The summed E-state index contributed by atoms with van der Waals surface area (Å²) in [5.41, 5.74) is 0. The van der Waals surface area contributed by atoms with Crippen molar-refractivity contribution in [3.63, 3.8) is 0 Å². The molecule has 0 aromatic carbocycles. The molecule has 0 aliphatic rings. The molecule has 0 aromatic heterocycles. The molecule has 0 saturated carbocycles. The van der Waals surface area contributed by atoms with Crippen LogP contribution in [0.1, 0.15) is 278 Å². The highest BCUT2D eigenvalue weighted by molar-refractivity contribution is 5.71. The van der Waals surface area contributed by atoms with Gasteiger partial charge in [0, 0.05) is 19.3 Å². The predicted molar refractivity (Wildman–Crippen MR) is 316 cm³/mol. The van der Waals surface area contributed by atoms with E-state index in [1.165, 1.54) is 128 Å². The fraction of sp³-hybridized carbons (Fsp3) is 0.687. The van der Waals surface area contributed by atoms with Crippen molar-refractivity contribution in [2.24, 2.45) is 0 Å². The Morgan fingerprint density at radius 1 is 0.288 bits per heavy atom. The van der Waals surface area contributed by atoms with Crippen molar-refractivity contribution in [3.05, 3.63) is 109 Å². The summed E-state index contributed by atoms with van der Waals surface area (Å²) in [6, 6.07) is 0. The molecule has 0 heterocycles. The molecule has 0 N–H and O–H groups in total. The first-order chi connectivity index (χ1) is 36.0. The quantitative estimate of drug-likeness (QED) is 0.0261. The lowest BCUT2D eigenvalue weighted by atomic mass is 10.0. The number of unbranched alkanes of at least 4 members (excludes halogenated alkanes) is 25. The second-order valence-corrected chi connectivity index (χ2v) is 19.9. The van der Waals surface area contributed by atoms with E-state index in [4.69, 9.17) is 14.2 Å². The number of hydrogen-bond donors (Lipinski definition) is 0. The fourth-order valence-electron chi connectivity index (χ4n) is 8.19. The summed E-state index contributed by atoms with van der Waals surface area (Å²) in [7, 11) is 0. The Kier molecular flexibility index (Phi) is 57.4. The van der Waals surface area contributed by atoms with Crippen molar-refractivity contribution in [1.29, 1.82) is 0 Å². The van der Waals surface area contributed by atoms with E-state index in [0.29, 0.717) is 19.3 Å². The lowest BCUT2D eigenvalue weighted by molar-refractivity contribution is -0.167. The maximum Gasteiger partial charge on any atom is 0.306 e. The molecule has 0 aromatic rings. The molecule has 0 spiro atoms. The molecule has 73 heavy (non-hydrogen) atoms. The summed E-state index contributed by atoms with van der Waals surface area (Å²) >= 11 is 0. The Hall–Kier alpha value is -3.93. The first-order valence-electron chi connectivity index (χ1n) is 30.4. The van der Waals surface area contributed by atoms with Crippen molar-refractivity contribution in [3.8, 4) is 0 Å². The molecule has 6 nitrogen and oxygen atoms in total. The van der Waals surface area contributed by atoms with Crippen LogP contribution in [0.15, 0.2) is 109 Å². The average Bonchev–Trinajstić information content (AvgIpc) is 3.39. The van der Waals surface area contributed by atoms with Crippen LogP contribution in [-0.2, 0) is 28.6 Å². The van der Waals surface area contributed by atoms with Gasteiger partial charge in [-0.3, -0.25) is 14.4 Å². The number of carbonyl (C=O) groups is 3. The van der Waals surface area contributed by atoms with Gasteiger partial charge >= 0.3 is 17.9 Å². The Labute approximate surface area is 450 Å². The van der Waals surface area contributed by atoms with Crippen LogP contribution in [0.3, 0.4) is 0 Å². The number of esters is 3. The molecule has 0 unspecified atom stereocenters. The lowest BCUT2D eigenvalue weighted by Gasteiger charge is -2.18.